The van der Waals surface area contributed by atoms with E-state index in [1.807, 2.05) is 23.5 Å². The highest BCUT2D eigenvalue weighted by Crippen LogP contribution is 2.31. The Balaban J connectivity index is 1.67. The molecular formula is C24H26S2. The topological polar surface area (TPSA) is 0 Å². The molecule has 3 rings (SSSR count). The van der Waals surface area contributed by atoms with Gasteiger partial charge < -0.3 is 0 Å². The Morgan fingerprint density at radius 1 is 0.538 bits per heavy atom. The molecule has 0 saturated heterocycles. The van der Waals surface area contributed by atoms with E-state index in [0.717, 1.165) is 11.5 Å². The first-order valence-corrected chi connectivity index (χ1v) is 11.0. The summed E-state index contributed by atoms with van der Waals surface area (Å²) in [5.74, 6) is 2.04. The lowest BCUT2D eigenvalue weighted by molar-refractivity contribution is 1.20. The van der Waals surface area contributed by atoms with Gasteiger partial charge in [0, 0.05) is 21.3 Å². The molecule has 0 aliphatic heterocycles. The molecule has 0 bridgehead atoms. The lowest BCUT2D eigenvalue weighted by Gasteiger charge is -2.11. The molecule has 0 fully saturated rings. The Hall–Kier alpha value is -1.64. The van der Waals surface area contributed by atoms with Crippen molar-refractivity contribution in [2.45, 2.75) is 49.0 Å². The molecule has 0 saturated carbocycles. The molecule has 0 aromatic heterocycles. The molecule has 0 N–H and O–H groups in total. The van der Waals surface area contributed by atoms with Crippen LogP contribution in [0, 0.1) is 27.7 Å². The van der Waals surface area contributed by atoms with E-state index in [0.29, 0.717) is 0 Å². The minimum absolute atomic E-state index is 1.02. The molecule has 0 nitrogen and oxygen atoms in total. The monoisotopic (exact) mass is 378 g/mol. The third-order valence-corrected chi connectivity index (χ3v) is 7.40. The Labute approximate surface area is 166 Å². The summed E-state index contributed by atoms with van der Waals surface area (Å²) in [6, 6.07) is 22.1. The maximum absolute atomic E-state index is 2.36. The predicted molar refractivity (Wildman–Crippen MR) is 117 cm³/mol. The SMILES string of the molecule is Cc1cccc(C)c1SCc1cccc(CSc2c(C)cccc2C)c1. The second-order valence-corrected chi connectivity index (χ2v) is 8.81. The molecule has 0 heterocycles. The fraction of sp³-hybridized carbons (Fsp3) is 0.250. The van der Waals surface area contributed by atoms with Crippen molar-refractivity contribution in [1.82, 2.24) is 0 Å². The third-order valence-electron chi connectivity index (χ3n) is 4.58. The molecule has 0 amide bonds. The summed E-state index contributed by atoms with van der Waals surface area (Å²) in [4.78, 5) is 2.84. The number of aryl methyl sites for hydroxylation is 4. The van der Waals surface area contributed by atoms with Gasteiger partial charge in [-0.1, -0.05) is 60.7 Å². The summed E-state index contributed by atoms with van der Waals surface area (Å²) in [5.41, 5.74) is 8.29. The average molecular weight is 379 g/mol. The van der Waals surface area contributed by atoms with Gasteiger partial charge in [0.1, 0.15) is 0 Å². The third kappa shape index (κ3) is 4.75. The van der Waals surface area contributed by atoms with Crippen LogP contribution in [0.4, 0.5) is 0 Å². The van der Waals surface area contributed by atoms with E-state index in [4.69, 9.17) is 0 Å². The second-order valence-electron chi connectivity index (χ2n) is 6.84. The van der Waals surface area contributed by atoms with Gasteiger partial charge in [-0.3, -0.25) is 0 Å². The summed E-state index contributed by atoms with van der Waals surface area (Å²) < 4.78 is 0. The number of thioether (sulfide) groups is 2. The molecule has 0 aliphatic rings. The summed E-state index contributed by atoms with van der Waals surface area (Å²) in [7, 11) is 0. The van der Waals surface area contributed by atoms with E-state index in [1.165, 1.54) is 43.2 Å². The van der Waals surface area contributed by atoms with Crippen LogP contribution >= 0.6 is 23.5 Å². The second kappa shape index (κ2) is 8.83. The minimum Gasteiger partial charge on any atom is -0.121 e. The van der Waals surface area contributed by atoms with Gasteiger partial charge in [0.25, 0.3) is 0 Å². The number of hydrogen-bond donors (Lipinski definition) is 0. The van der Waals surface area contributed by atoms with Crippen LogP contribution < -0.4 is 0 Å². The van der Waals surface area contributed by atoms with Crippen LogP contribution in [0.15, 0.2) is 70.5 Å². The molecule has 3 aromatic carbocycles. The number of hydrogen-bond acceptors (Lipinski definition) is 2. The minimum atomic E-state index is 1.02. The highest BCUT2D eigenvalue weighted by molar-refractivity contribution is 7.98. The Morgan fingerprint density at radius 3 is 1.27 bits per heavy atom. The van der Waals surface area contributed by atoms with Crippen LogP contribution in [0.3, 0.4) is 0 Å². The van der Waals surface area contributed by atoms with Crippen LogP contribution in [0.25, 0.3) is 0 Å². The molecule has 0 radical (unpaired) electrons. The van der Waals surface area contributed by atoms with Gasteiger partial charge in [-0.05, 0) is 61.1 Å². The maximum atomic E-state index is 2.36. The van der Waals surface area contributed by atoms with Gasteiger partial charge in [-0.25, -0.2) is 0 Å². The molecular weight excluding hydrogens is 352 g/mol. The van der Waals surface area contributed by atoms with Crippen molar-refractivity contribution in [3.8, 4) is 0 Å². The van der Waals surface area contributed by atoms with Gasteiger partial charge in [-0.15, -0.1) is 23.5 Å². The molecule has 0 atom stereocenters. The summed E-state index contributed by atoms with van der Waals surface area (Å²) in [5, 5.41) is 0. The van der Waals surface area contributed by atoms with E-state index < -0.39 is 0 Å². The molecule has 0 unspecified atom stereocenters. The van der Waals surface area contributed by atoms with Gasteiger partial charge in [0.15, 0.2) is 0 Å². The Kier molecular flexibility index (Phi) is 6.50. The van der Waals surface area contributed by atoms with Crippen molar-refractivity contribution in [3.63, 3.8) is 0 Å². The smallest absolute Gasteiger partial charge is 0.0232 e. The normalized spacial score (nSPS) is 10.9. The lowest BCUT2D eigenvalue weighted by atomic mass is 10.1. The van der Waals surface area contributed by atoms with Crippen LogP contribution in [-0.2, 0) is 11.5 Å². The van der Waals surface area contributed by atoms with Crippen molar-refractivity contribution < 1.29 is 0 Å². The Morgan fingerprint density at radius 2 is 0.885 bits per heavy atom. The first kappa shape index (κ1) is 19.1. The maximum Gasteiger partial charge on any atom is 0.0232 e. The lowest BCUT2D eigenvalue weighted by Crippen LogP contribution is -1.90. The quantitative estimate of drug-likeness (QED) is 0.407. The Bertz CT molecular complexity index is 785. The van der Waals surface area contributed by atoms with E-state index in [-0.39, 0.29) is 0 Å². The van der Waals surface area contributed by atoms with Crippen molar-refractivity contribution in [1.29, 1.82) is 0 Å². The van der Waals surface area contributed by atoms with Crippen LogP contribution in [0.1, 0.15) is 33.4 Å². The van der Waals surface area contributed by atoms with Gasteiger partial charge in [0.05, 0.1) is 0 Å². The summed E-state index contributed by atoms with van der Waals surface area (Å²) in [6.45, 7) is 8.81. The standard InChI is InChI=1S/C24H26S2/c1-17-8-5-9-18(2)23(17)25-15-21-12-7-13-22(14-21)16-26-24-19(3)10-6-11-20(24)4/h5-14H,15-16H2,1-4H3. The molecule has 3 aromatic rings. The van der Waals surface area contributed by atoms with E-state index in [2.05, 4.69) is 88.4 Å². The van der Waals surface area contributed by atoms with Gasteiger partial charge >= 0.3 is 0 Å². The zero-order valence-corrected chi connectivity index (χ0v) is 17.6. The van der Waals surface area contributed by atoms with Crippen molar-refractivity contribution in [2.75, 3.05) is 0 Å². The van der Waals surface area contributed by atoms with Crippen LogP contribution in [0.5, 0.6) is 0 Å². The number of benzene rings is 3. The highest BCUT2D eigenvalue weighted by atomic mass is 32.2. The van der Waals surface area contributed by atoms with Crippen LogP contribution in [-0.4, -0.2) is 0 Å². The van der Waals surface area contributed by atoms with E-state index >= 15 is 0 Å². The molecule has 2 heteroatoms. The largest absolute Gasteiger partial charge is 0.121 e. The van der Waals surface area contributed by atoms with Crippen LogP contribution in [0.2, 0.25) is 0 Å². The first-order chi connectivity index (χ1) is 12.5. The molecule has 134 valence electrons. The first-order valence-electron chi connectivity index (χ1n) is 9.00. The fourth-order valence-corrected chi connectivity index (χ4v) is 5.34. The summed E-state index contributed by atoms with van der Waals surface area (Å²) in [6.07, 6.45) is 0. The summed E-state index contributed by atoms with van der Waals surface area (Å²) >= 11 is 3.90. The van der Waals surface area contributed by atoms with Crippen molar-refractivity contribution >= 4 is 23.5 Å². The predicted octanol–water partition coefficient (Wildman–Crippen LogP) is 7.50. The van der Waals surface area contributed by atoms with Crippen molar-refractivity contribution in [3.05, 3.63) is 94.0 Å². The van der Waals surface area contributed by atoms with E-state index in [1.54, 1.807) is 0 Å². The zero-order chi connectivity index (χ0) is 18.5. The van der Waals surface area contributed by atoms with E-state index in [9.17, 15) is 0 Å². The molecule has 0 spiro atoms. The number of rotatable bonds is 6. The fourth-order valence-electron chi connectivity index (χ4n) is 3.17. The highest BCUT2D eigenvalue weighted by Gasteiger charge is 2.06. The van der Waals surface area contributed by atoms with Gasteiger partial charge in [-0.2, -0.15) is 0 Å². The average Bonchev–Trinajstić information content (AvgIpc) is 2.61. The molecule has 26 heavy (non-hydrogen) atoms. The molecule has 0 aliphatic carbocycles. The van der Waals surface area contributed by atoms with Gasteiger partial charge in [0.2, 0.25) is 0 Å². The van der Waals surface area contributed by atoms with Crippen molar-refractivity contribution in [2.24, 2.45) is 0 Å². The zero-order valence-electron chi connectivity index (χ0n) is 16.0.